The van der Waals surface area contributed by atoms with Gasteiger partial charge in [0.05, 0.1) is 13.2 Å². The van der Waals surface area contributed by atoms with Crippen molar-refractivity contribution in [1.82, 2.24) is 4.90 Å². The Morgan fingerprint density at radius 3 is 3.00 bits per heavy atom. The molecular weight excluding hydrogens is 262 g/mol. The Kier molecular flexibility index (Phi) is 5.46. The van der Waals surface area contributed by atoms with Crippen LogP contribution in [0, 0.1) is 11.6 Å². The van der Waals surface area contributed by atoms with Crippen molar-refractivity contribution in [3.63, 3.8) is 0 Å². The minimum absolute atomic E-state index is 0.256. The molecule has 2 atom stereocenters. The fraction of sp³-hybridized carbons (Fsp3) is 0.600. The van der Waals surface area contributed by atoms with E-state index in [1.54, 1.807) is 6.07 Å². The van der Waals surface area contributed by atoms with Crippen molar-refractivity contribution < 1.29 is 13.5 Å². The summed E-state index contributed by atoms with van der Waals surface area (Å²) in [5.74, 6) is -1.66. The van der Waals surface area contributed by atoms with E-state index >= 15 is 0 Å². The average molecular weight is 284 g/mol. The molecule has 112 valence electrons. The van der Waals surface area contributed by atoms with Crippen molar-refractivity contribution in [2.24, 2.45) is 5.73 Å². The smallest absolute Gasteiger partial charge is 0.163 e. The number of halogens is 2. The van der Waals surface area contributed by atoms with Gasteiger partial charge in [0, 0.05) is 30.7 Å². The van der Waals surface area contributed by atoms with E-state index in [0.717, 1.165) is 38.8 Å². The summed E-state index contributed by atoms with van der Waals surface area (Å²) in [6, 6.07) is 4.08. The highest BCUT2D eigenvalue weighted by Crippen LogP contribution is 2.21. The highest BCUT2D eigenvalue weighted by Gasteiger charge is 2.22. The van der Waals surface area contributed by atoms with Crippen molar-refractivity contribution in [2.75, 3.05) is 26.3 Å². The van der Waals surface area contributed by atoms with E-state index in [-0.39, 0.29) is 5.56 Å². The Labute approximate surface area is 118 Å². The van der Waals surface area contributed by atoms with Gasteiger partial charge in [-0.1, -0.05) is 19.1 Å². The largest absolute Gasteiger partial charge is 0.378 e. The lowest BCUT2D eigenvalue weighted by Crippen LogP contribution is -2.45. The first-order chi connectivity index (χ1) is 9.63. The molecule has 2 N–H and O–H groups in total. The van der Waals surface area contributed by atoms with Gasteiger partial charge in [-0.25, -0.2) is 8.78 Å². The van der Waals surface area contributed by atoms with Gasteiger partial charge in [-0.05, 0) is 18.9 Å². The Hall–Kier alpha value is -1.04. The highest BCUT2D eigenvalue weighted by atomic mass is 19.2. The Morgan fingerprint density at radius 1 is 1.45 bits per heavy atom. The van der Waals surface area contributed by atoms with Gasteiger partial charge in [0.25, 0.3) is 0 Å². The summed E-state index contributed by atoms with van der Waals surface area (Å²) in [5, 5.41) is 0. The van der Waals surface area contributed by atoms with Gasteiger partial charge in [0.2, 0.25) is 0 Å². The van der Waals surface area contributed by atoms with Crippen LogP contribution in [-0.4, -0.2) is 37.2 Å². The summed E-state index contributed by atoms with van der Waals surface area (Å²) >= 11 is 0. The van der Waals surface area contributed by atoms with E-state index in [0.29, 0.717) is 12.5 Å². The van der Waals surface area contributed by atoms with E-state index in [9.17, 15) is 8.78 Å². The van der Waals surface area contributed by atoms with Gasteiger partial charge in [-0.3, -0.25) is 4.90 Å². The van der Waals surface area contributed by atoms with Gasteiger partial charge in [0.1, 0.15) is 0 Å². The third-order valence-corrected chi connectivity index (χ3v) is 3.93. The summed E-state index contributed by atoms with van der Waals surface area (Å²) < 4.78 is 32.3. The highest BCUT2D eigenvalue weighted by molar-refractivity contribution is 5.22. The predicted octanol–water partition coefficient (Wildman–Crippen LogP) is 2.47. The van der Waals surface area contributed by atoms with Gasteiger partial charge >= 0.3 is 0 Å². The maximum absolute atomic E-state index is 13.7. The van der Waals surface area contributed by atoms with Crippen LogP contribution in [0.3, 0.4) is 0 Å². The predicted molar refractivity (Wildman–Crippen MR) is 74.4 cm³/mol. The maximum atomic E-state index is 13.7. The number of morpholine rings is 1. The zero-order valence-corrected chi connectivity index (χ0v) is 11.8. The van der Waals surface area contributed by atoms with Gasteiger partial charge in [0.15, 0.2) is 11.6 Å². The zero-order valence-electron chi connectivity index (χ0n) is 11.8. The van der Waals surface area contributed by atoms with Crippen molar-refractivity contribution >= 4 is 0 Å². The Morgan fingerprint density at radius 2 is 2.25 bits per heavy atom. The van der Waals surface area contributed by atoms with Crippen LogP contribution in [0.5, 0.6) is 0 Å². The molecule has 3 nitrogen and oxygen atoms in total. The van der Waals surface area contributed by atoms with Crippen molar-refractivity contribution in [1.29, 1.82) is 0 Å². The van der Waals surface area contributed by atoms with Gasteiger partial charge < -0.3 is 10.5 Å². The fourth-order valence-electron chi connectivity index (χ4n) is 2.63. The standard InChI is InChI=1S/C15H22F2N2O/c1-2-11-10-20-9-8-19(11)7-6-14(18)12-4-3-5-13(16)15(12)17/h3-5,11,14H,2,6-10,18H2,1H3. The van der Waals surface area contributed by atoms with Gasteiger partial charge in [-0.2, -0.15) is 0 Å². The number of benzene rings is 1. The molecule has 1 heterocycles. The molecule has 2 rings (SSSR count). The zero-order chi connectivity index (χ0) is 14.5. The molecule has 0 aromatic heterocycles. The maximum Gasteiger partial charge on any atom is 0.163 e. The first-order valence-electron chi connectivity index (χ1n) is 7.14. The quantitative estimate of drug-likeness (QED) is 0.902. The topological polar surface area (TPSA) is 38.5 Å². The van der Waals surface area contributed by atoms with Crippen molar-refractivity contribution in [2.45, 2.75) is 31.8 Å². The second-order valence-electron chi connectivity index (χ2n) is 5.21. The molecule has 0 aliphatic carbocycles. The molecule has 0 radical (unpaired) electrons. The lowest BCUT2D eigenvalue weighted by atomic mass is 10.0. The fourth-order valence-corrected chi connectivity index (χ4v) is 2.63. The minimum Gasteiger partial charge on any atom is -0.378 e. The number of ether oxygens (including phenoxy) is 1. The summed E-state index contributed by atoms with van der Waals surface area (Å²) in [4.78, 5) is 2.32. The van der Waals surface area contributed by atoms with E-state index < -0.39 is 17.7 Å². The lowest BCUT2D eigenvalue weighted by molar-refractivity contribution is -0.00968. The third-order valence-electron chi connectivity index (χ3n) is 3.93. The molecule has 0 saturated carbocycles. The summed E-state index contributed by atoms with van der Waals surface area (Å²) in [6.07, 6.45) is 1.63. The summed E-state index contributed by atoms with van der Waals surface area (Å²) in [7, 11) is 0. The molecular formula is C15H22F2N2O. The number of nitrogens with zero attached hydrogens (tertiary/aromatic N) is 1. The van der Waals surface area contributed by atoms with E-state index in [4.69, 9.17) is 10.5 Å². The Bertz CT molecular complexity index is 442. The summed E-state index contributed by atoms with van der Waals surface area (Å²) in [6.45, 7) is 5.23. The molecule has 1 aromatic rings. The Balaban J connectivity index is 1.94. The van der Waals surface area contributed by atoms with E-state index in [2.05, 4.69) is 11.8 Å². The minimum atomic E-state index is -0.837. The number of hydrogen-bond acceptors (Lipinski definition) is 3. The number of hydrogen-bond donors (Lipinski definition) is 1. The molecule has 0 spiro atoms. The van der Waals surface area contributed by atoms with Crippen LogP contribution in [0.25, 0.3) is 0 Å². The monoisotopic (exact) mass is 284 g/mol. The molecule has 0 amide bonds. The second-order valence-corrected chi connectivity index (χ2v) is 5.21. The normalized spacial score (nSPS) is 21.9. The van der Waals surface area contributed by atoms with Crippen molar-refractivity contribution in [3.8, 4) is 0 Å². The van der Waals surface area contributed by atoms with Crippen LogP contribution in [-0.2, 0) is 4.74 Å². The number of nitrogens with two attached hydrogens (primary N) is 1. The molecule has 0 bridgehead atoms. The summed E-state index contributed by atoms with van der Waals surface area (Å²) in [5.41, 5.74) is 6.26. The van der Waals surface area contributed by atoms with Crippen LogP contribution >= 0.6 is 0 Å². The molecule has 5 heteroatoms. The first kappa shape index (κ1) is 15.4. The SMILES string of the molecule is CCC1COCCN1CCC(N)c1cccc(F)c1F. The van der Waals surface area contributed by atoms with Gasteiger partial charge in [-0.15, -0.1) is 0 Å². The van der Waals surface area contributed by atoms with Crippen molar-refractivity contribution in [3.05, 3.63) is 35.4 Å². The molecule has 1 aliphatic rings. The molecule has 1 fully saturated rings. The molecule has 2 unspecified atom stereocenters. The van der Waals surface area contributed by atoms with Crippen LogP contribution in [0.4, 0.5) is 8.78 Å². The van der Waals surface area contributed by atoms with Crippen LogP contribution in [0.1, 0.15) is 31.4 Å². The van der Waals surface area contributed by atoms with Crippen LogP contribution in [0.2, 0.25) is 0 Å². The van der Waals surface area contributed by atoms with Crippen LogP contribution < -0.4 is 5.73 Å². The van der Waals surface area contributed by atoms with Crippen LogP contribution in [0.15, 0.2) is 18.2 Å². The average Bonchev–Trinajstić information content (AvgIpc) is 2.48. The molecule has 1 aromatic carbocycles. The molecule has 20 heavy (non-hydrogen) atoms. The molecule has 1 aliphatic heterocycles. The van der Waals surface area contributed by atoms with E-state index in [1.807, 2.05) is 0 Å². The lowest BCUT2D eigenvalue weighted by Gasteiger charge is -2.35. The number of rotatable bonds is 5. The van der Waals surface area contributed by atoms with E-state index in [1.165, 1.54) is 6.07 Å². The molecule has 1 saturated heterocycles. The second kappa shape index (κ2) is 7.11. The first-order valence-corrected chi connectivity index (χ1v) is 7.14. The third kappa shape index (κ3) is 3.53.